The number of rotatable bonds is 7. The number of fused-ring (bicyclic) bond motifs is 1. The van der Waals surface area contributed by atoms with Crippen molar-refractivity contribution in [2.75, 3.05) is 6.61 Å². The molecule has 4 aromatic rings. The summed E-state index contributed by atoms with van der Waals surface area (Å²) in [5.41, 5.74) is 5.34. The van der Waals surface area contributed by atoms with E-state index in [1.54, 1.807) is 12.1 Å². The van der Waals surface area contributed by atoms with E-state index in [1.165, 1.54) is 23.3 Å². The Morgan fingerprint density at radius 1 is 0.971 bits per heavy atom. The molecule has 0 bridgehead atoms. The van der Waals surface area contributed by atoms with E-state index in [0.717, 1.165) is 41.3 Å². The van der Waals surface area contributed by atoms with Crippen molar-refractivity contribution < 1.29 is 26.7 Å². The normalized spacial score (nSPS) is 11.7. The molecule has 0 spiro atoms. The van der Waals surface area contributed by atoms with E-state index in [2.05, 4.69) is 54.8 Å². The van der Waals surface area contributed by atoms with Crippen LogP contribution in [-0.2, 0) is 21.4 Å². The standard InChI is InChI=1S/C21H24NO2.C7H8O3S/c1-4-18(23-6-3)15-21-22(5-2)19-14-17(12-13-20(19)24-21)16-10-8-7-9-11-16;1-6-2-4-7(5-3-6)11(8,9)10/h7-15H,4-6H2,1-3H3;2-5H,1H3,(H,8,9,10)/q+1;/p-1/b18-15+;. The zero-order valence-corrected chi connectivity index (χ0v) is 21.3. The molecule has 0 aliphatic heterocycles. The third-order valence-corrected chi connectivity index (χ3v) is 6.28. The highest BCUT2D eigenvalue weighted by Gasteiger charge is 2.21. The van der Waals surface area contributed by atoms with Crippen LogP contribution < -0.4 is 4.57 Å². The van der Waals surface area contributed by atoms with E-state index in [9.17, 15) is 13.0 Å². The average Bonchev–Trinajstić information content (AvgIpc) is 3.20. The van der Waals surface area contributed by atoms with Gasteiger partial charge in [0.05, 0.1) is 17.6 Å². The smallest absolute Gasteiger partial charge is 0.377 e. The lowest BCUT2D eigenvalue weighted by Gasteiger charge is -2.05. The van der Waals surface area contributed by atoms with E-state index in [0.29, 0.717) is 6.61 Å². The zero-order valence-electron chi connectivity index (χ0n) is 20.5. The number of aryl methyl sites for hydroxylation is 2. The molecule has 6 nitrogen and oxygen atoms in total. The number of oxazole rings is 1. The predicted molar refractivity (Wildman–Crippen MR) is 137 cm³/mol. The molecule has 35 heavy (non-hydrogen) atoms. The van der Waals surface area contributed by atoms with Gasteiger partial charge in [0.2, 0.25) is 5.58 Å². The van der Waals surface area contributed by atoms with Crippen LogP contribution in [0.15, 0.2) is 87.9 Å². The van der Waals surface area contributed by atoms with Crippen molar-refractivity contribution in [3.63, 3.8) is 0 Å². The van der Waals surface area contributed by atoms with Gasteiger partial charge in [0.1, 0.15) is 22.4 Å². The maximum absolute atomic E-state index is 10.4. The summed E-state index contributed by atoms with van der Waals surface area (Å²) >= 11 is 0. The highest BCUT2D eigenvalue weighted by Crippen LogP contribution is 2.25. The van der Waals surface area contributed by atoms with Crippen LogP contribution in [-0.4, -0.2) is 19.6 Å². The molecule has 0 saturated heterocycles. The van der Waals surface area contributed by atoms with Gasteiger partial charge in [0.25, 0.3) is 5.52 Å². The van der Waals surface area contributed by atoms with Gasteiger partial charge in [-0.25, -0.2) is 8.42 Å². The molecule has 0 aliphatic carbocycles. The van der Waals surface area contributed by atoms with Gasteiger partial charge in [-0.2, -0.15) is 4.57 Å². The second-order valence-electron chi connectivity index (χ2n) is 7.90. The lowest BCUT2D eigenvalue weighted by molar-refractivity contribution is -0.674. The third kappa shape index (κ3) is 6.81. The van der Waals surface area contributed by atoms with Gasteiger partial charge in [-0.15, -0.1) is 0 Å². The molecular formula is C28H31NO5S. The van der Waals surface area contributed by atoms with Gasteiger partial charge < -0.3 is 13.7 Å². The summed E-state index contributed by atoms with van der Waals surface area (Å²) < 4.78 is 45.1. The second kappa shape index (κ2) is 11.8. The topological polar surface area (TPSA) is 83.5 Å². The van der Waals surface area contributed by atoms with E-state index >= 15 is 0 Å². The van der Waals surface area contributed by atoms with E-state index in [4.69, 9.17) is 9.15 Å². The summed E-state index contributed by atoms with van der Waals surface area (Å²) in [7, 11) is -4.27. The van der Waals surface area contributed by atoms with Crippen LogP contribution in [0.2, 0.25) is 0 Å². The highest BCUT2D eigenvalue weighted by atomic mass is 32.2. The van der Waals surface area contributed by atoms with Crippen LogP contribution in [0.5, 0.6) is 0 Å². The summed E-state index contributed by atoms with van der Waals surface area (Å²) in [6.07, 6.45) is 2.86. The fourth-order valence-electron chi connectivity index (χ4n) is 3.62. The van der Waals surface area contributed by atoms with Gasteiger partial charge in [-0.3, -0.25) is 0 Å². The molecule has 1 heterocycles. The Morgan fingerprint density at radius 2 is 1.66 bits per heavy atom. The SMILES string of the molecule is CCO/C(=C/c1oc2ccc(-c3ccccc3)cc2[n+]1CC)CC.Cc1ccc(S(=O)(=O)[O-])cc1. The van der Waals surface area contributed by atoms with E-state index in [1.807, 2.05) is 32.1 Å². The number of hydrogen-bond donors (Lipinski definition) is 0. The van der Waals surface area contributed by atoms with Gasteiger partial charge in [0.15, 0.2) is 0 Å². The first-order valence-corrected chi connectivity index (χ1v) is 13.0. The maximum Gasteiger partial charge on any atom is 0.377 e. The Hall–Kier alpha value is -3.42. The Morgan fingerprint density at radius 3 is 2.23 bits per heavy atom. The maximum atomic E-state index is 10.4. The fraction of sp³-hybridized carbons (Fsp3) is 0.250. The van der Waals surface area contributed by atoms with Crippen molar-refractivity contribution in [1.82, 2.24) is 0 Å². The fourth-order valence-corrected chi connectivity index (χ4v) is 4.09. The summed E-state index contributed by atoms with van der Waals surface area (Å²) in [5, 5.41) is 0. The molecule has 0 unspecified atom stereocenters. The van der Waals surface area contributed by atoms with Crippen LogP contribution in [0.1, 0.15) is 38.6 Å². The molecule has 0 N–H and O–H groups in total. The van der Waals surface area contributed by atoms with Crippen LogP contribution in [0.25, 0.3) is 28.3 Å². The van der Waals surface area contributed by atoms with Crippen molar-refractivity contribution in [2.45, 2.75) is 45.6 Å². The monoisotopic (exact) mass is 493 g/mol. The largest absolute Gasteiger partial charge is 0.744 e. The molecule has 7 heteroatoms. The van der Waals surface area contributed by atoms with Gasteiger partial charge in [-0.1, -0.05) is 61.0 Å². The van der Waals surface area contributed by atoms with Crippen LogP contribution in [0, 0.1) is 6.92 Å². The van der Waals surface area contributed by atoms with E-state index < -0.39 is 10.1 Å². The number of benzene rings is 3. The highest BCUT2D eigenvalue weighted by molar-refractivity contribution is 7.85. The first-order chi connectivity index (χ1) is 16.8. The van der Waals surface area contributed by atoms with Crippen molar-refractivity contribution in [2.24, 2.45) is 0 Å². The third-order valence-electron chi connectivity index (χ3n) is 5.43. The first-order valence-electron chi connectivity index (χ1n) is 11.6. The van der Waals surface area contributed by atoms with Gasteiger partial charge >= 0.3 is 5.89 Å². The minimum absolute atomic E-state index is 0.178. The Kier molecular flexibility index (Phi) is 8.84. The minimum atomic E-state index is -4.27. The average molecular weight is 494 g/mol. The predicted octanol–water partition coefficient (Wildman–Crippen LogP) is 6.09. The van der Waals surface area contributed by atoms with Gasteiger partial charge in [0, 0.05) is 12.5 Å². The number of nitrogens with zero attached hydrogens (tertiary/aromatic N) is 1. The Balaban J connectivity index is 0.000000261. The quantitative estimate of drug-likeness (QED) is 0.177. The Labute approximate surface area is 207 Å². The molecule has 4 rings (SSSR count). The lowest BCUT2D eigenvalue weighted by atomic mass is 10.1. The molecule has 1 aromatic heterocycles. The van der Waals surface area contributed by atoms with Gasteiger partial charge in [-0.05, 0) is 50.1 Å². The number of allylic oxidation sites excluding steroid dienone is 1. The molecule has 0 aliphatic rings. The molecule has 0 radical (unpaired) electrons. The first kappa shape index (κ1) is 26.2. The van der Waals surface area contributed by atoms with Crippen molar-refractivity contribution in [1.29, 1.82) is 0 Å². The van der Waals surface area contributed by atoms with Crippen molar-refractivity contribution in [3.05, 3.63) is 90.0 Å². The van der Waals surface area contributed by atoms with Crippen LogP contribution in [0.4, 0.5) is 0 Å². The molecule has 3 aromatic carbocycles. The molecule has 0 fully saturated rings. The lowest BCUT2D eigenvalue weighted by Crippen LogP contribution is -2.33. The van der Waals surface area contributed by atoms with Crippen LogP contribution in [0.3, 0.4) is 0 Å². The zero-order chi connectivity index (χ0) is 25.4. The van der Waals surface area contributed by atoms with Crippen molar-refractivity contribution in [3.8, 4) is 11.1 Å². The summed E-state index contributed by atoms with van der Waals surface area (Å²) in [6, 6.07) is 22.6. The molecule has 0 amide bonds. The second-order valence-corrected chi connectivity index (χ2v) is 9.28. The molecule has 0 atom stereocenters. The summed E-state index contributed by atoms with van der Waals surface area (Å²) in [4.78, 5) is -0.178. The number of ether oxygens (including phenoxy) is 1. The minimum Gasteiger partial charge on any atom is -0.744 e. The van der Waals surface area contributed by atoms with Crippen LogP contribution >= 0.6 is 0 Å². The Bertz CT molecular complexity index is 1390. The van der Waals surface area contributed by atoms with Crippen molar-refractivity contribution >= 4 is 27.3 Å². The molecule has 184 valence electrons. The summed E-state index contributed by atoms with van der Waals surface area (Å²) in [5.74, 6) is 1.78. The summed E-state index contributed by atoms with van der Waals surface area (Å²) in [6.45, 7) is 9.56. The number of hydrogen-bond acceptors (Lipinski definition) is 5. The number of aromatic nitrogens is 1. The molecule has 0 saturated carbocycles. The van der Waals surface area contributed by atoms with E-state index in [-0.39, 0.29) is 4.90 Å². The molecular weight excluding hydrogens is 462 g/mol.